The number of rotatable bonds is 4. The zero-order valence-electron chi connectivity index (χ0n) is 12.3. The monoisotopic (exact) mass is 395 g/mol. The van der Waals surface area contributed by atoms with Crippen molar-refractivity contribution >= 4 is 33.4 Å². The Hall–Kier alpha value is -1.72. The summed E-state index contributed by atoms with van der Waals surface area (Å²) in [4.78, 5) is 12.2. The summed E-state index contributed by atoms with van der Waals surface area (Å²) in [6, 6.07) is 11.1. The zero-order valence-corrected chi connectivity index (χ0v) is 14.6. The molecule has 0 unspecified atom stereocenters. The highest BCUT2D eigenvalue weighted by atomic mass is 79.9. The van der Waals surface area contributed by atoms with Gasteiger partial charge in [0.15, 0.2) is 11.5 Å². The van der Waals surface area contributed by atoms with E-state index in [9.17, 15) is 4.79 Å². The van der Waals surface area contributed by atoms with Crippen LogP contribution in [0.25, 0.3) is 0 Å². The molecule has 2 aromatic rings. The Labute approximate surface area is 147 Å². The summed E-state index contributed by atoms with van der Waals surface area (Å²) in [6.45, 7) is 1.46. The molecule has 0 saturated heterocycles. The van der Waals surface area contributed by atoms with Crippen LogP contribution in [-0.4, -0.2) is 19.1 Å². The average molecular weight is 397 g/mol. The topological polar surface area (TPSA) is 47.6 Å². The van der Waals surface area contributed by atoms with E-state index in [0.717, 1.165) is 15.6 Å². The minimum atomic E-state index is -0.0812. The summed E-state index contributed by atoms with van der Waals surface area (Å²) in [5.41, 5.74) is 1.75. The predicted molar refractivity (Wildman–Crippen MR) is 92.1 cm³/mol. The second-order valence-corrected chi connectivity index (χ2v) is 6.39. The number of halogens is 2. The first kappa shape index (κ1) is 16.1. The van der Waals surface area contributed by atoms with Gasteiger partial charge in [-0.15, -0.1) is 0 Å². The summed E-state index contributed by atoms with van der Waals surface area (Å²) in [7, 11) is 0. The number of amides is 1. The smallest absolute Gasteiger partial charge is 0.224 e. The molecular formula is C17H15BrClNO3. The Morgan fingerprint density at radius 1 is 1.13 bits per heavy atom. The molecule has 0 bridgehead atoms. The minimum absolute atomic E-state index is 0.0812. The van der Waals surface area contributed by atoms with Crippen molar-refractivity contribution < 1.29 is 14.3 Å². The van der Waals surface area contributed by atoms with Crippen molar-refractivity contribution in [3.05, 3.63) is 57.0 Å². The van der Waals surface area contributed by atoms with Gasteiger partial charge in [0.1, 0.15) is 13.2 Å². The molecule has 3 rings (SSSR count). The van der Waals surface area contributed by atoms with Crippen LogP contribution in [0, 0.1) is 0 Å². The van der Waals surface area contributed by atoms with Crippen LogP contribution < -0.4 is 14.8 Å². The lowest BCUT2D eigenvalue weighted by Gasteiger charge is -2.19. The van der Waals surface area contributed by atoms with Gasteiger partial charge in [0.2, 0.25) is 5.91 Å². The van der Waals surface area contributed by atoms with Crippen LogP contribution in [-0.2, 0) is 17.8 Å². The van der Waals surface area contributed by atoms with Crippen molar-refractivity contribution in [3.63, 3.8) is 0 Å². The molecule has 0 saturated carbocycles. The summed E-state index contributed by atoms with van der Waals surface area (Å²) in [5.74, 6) is 1.29. The lowest BCUT2D eigenvalue weighted by Crippen LogP contribution is -2.25. The van der Waals surface area contributed by atoms with Crippen LogP contribution in [0.5, 0.6) is 11.5 Å². The van der Waals surface area contributed by atoms with Gasteiger partial charge in [0, 0.05) is 16.0 Å². The molecule has 1 N–H and O–H groups in total. The molecule has 1 aliphatic heterocycles. The third-order valence-corrected chi connectivity index (χ3v) is 4.60. The van der Waals surface area contributed by atoms with E-state index in [4.69, 9.17) is 21.1 Å². The minimum Gasteiger partial charge on any atom is -0.486 e. The fourth-order valence-corrected chi connectivity index (χ4v) is 2.98. The molecular weight excluding hydrogens is 382 g/mol. The van der Waals surface area contributed by atoms with Crippen LogP contribution in [0.4, 0.5) is 0 Å². The standard InChI is InChI=1S/C17H15BrClNO3/c18-13-9-16-15(22-5-6-23-16)7-12(13)8-17(21)20-10-11-3-1-2-4-14(11)19/h1-4,7,9H,5-6,8,10H2,(H,20,21). The van der Waals surface area contributed by atoms with Crippen LogP contribution in [0.3, 0.4) is 0 Å². The molecule has 6 heteroatoms. The maximum absolute atomic E-state index is 12.2. The number of hydrogen-bond donors (Lipinski definition) is 1. The van der Waals surface area contributed by atoms with Crippen molar-refractivity contribution in [2.24, 2.45) is 0 Å². The Kier molecular flexibility index (Phi) is 5.08. The van der Waals surface area contributed by atoms with Crippen LogP contribution >= 0.6 is 27.5 Å². The largest absolute Gasteiger partial charge is 0.486 e. The summed E-state index contributed by atoms with van der Waals surface area (Å²) in [6.07, 6.45) is 0.252. The first-order valence-electron chi connectivity index (χ1n) is 7.21. The molecule has 0 atom stereocenters. The van der Waals surface area contributed by atoms with Gasteiger partial charge >= 0.3 is 0 Å². The van der Waals surface area contributed by atoms with Gasteiger partial charge in [0.05, 0.1) is 6.42 Å². The molecule has 0 fully saturated rings. The van der Waals surface area contributed by atoms with Gasteiger partial charge in [-0.25, -0.2) is 0 Å². The number of carbonyl (C=O) groups excluding carboxylic acids is 1. The van der Waals surface area contributed by atoms with Gasteiger partial charge in [-0.05, 0) is 29.3 Å². The lowest BCUT2D eigenvalue weighted by atomic mass is 10.1. The van der Waals surface area contributed by atoms with Crippen molar-refractivity contribution in [1.82, 2.24) is 5.32 Å². The number of nitrogens with one attached hydrogen (secondary N) is 1. The molecule has 0 radical (unpaired) electrons. The van der Waals surface area contributed by atoms with Crippen LogP contribution in [0.2, 0.25) is 5.02 Å². The molecule has 23 heavy (non-hydrogen) atoms. The normalized spacial score (nSPS) is 12.8. The molecule has 1 heterocycles. The summed E-state index contributed by atoms with van der Waals surface area (Å²) >= 11 is 9.56. The molecule has 4 nitrogen and oxygen atoms in total. The predicted octanol–water partition coefficient (Wildman–Crippen LogP) is 3.73. The highest BCUT2D eigenvalue weighted by Crippen LogP contribution is 2.35. The first-order chi connectivity index (χ1) is 11.1. The van der Waals surface area contributed by atoms with Crippen molar-refractivity contribution in [1.29, 1.82) is 0 Å². The quantitative estimate of drug-likeness (QED) is 0.856. The van der Waals surface area contributed by atoms with Crippen LogP contribution in [0.15, 0.2) is 40.9 Å². The maximum atomic E-state index is 12.2. The molecule has 2 aromatic carbocycles. The first-order valence-corrected chi connectivity index (χ1v) is 8.38. The van der Waals surface area contributed by atoms with Crippen molar-refractivity contribution in [3.8, 4) is 11.5 Å². The highest BCUT2D eigenvalue weighted by Gasteiger charge is 2.16. The summed E-state index contributed by atoms with van der Waals surface area (Å²) < 4.78 is 11.9. The van der Waals surface area contributed by atoms with Gasteiger partial charge in [-0.2, -0.15) is 0 Å². The maximum Gasteiger partial charge on any atom is 0.224 e. The average Bonchev–Trinajstić information content (AvgIpc) is 2.55. The number of fused-ring (bicyclic) bond motifs is 1. The second-order valence-electron chi connectivity index (χ2n) is 5.13. The number of benzene rings is 2. The molecule has 0 aliphatic carbocycles. The Bertz CT molecular complexity index is 736. The van der Waals surface area contributed by atoms with E-state index in [1.54, 1.807) is 6.07 Å². The molecule has 1 amide bonds. The van der Waals surface area contributed by atoms with E-state index in [0.29, 0.717) is 36.3 Å². The number of ether oxygens (including phenoxy) is 2. The zero-order chi connectivity index (χ0) is 16.2. The fraction of sp³-hybridized carbons (Fsp3) is 0.235. The van der Waals surface area contributed by atoms with E-state index in [1.165, 1.54) is 0 Å². The SMILES string of the molecule is O=C(Cc1cc2c(cc1Br)OCCO2)NCc1ccccc1Cl. The third kappa shape index (κ3) is 3.98. The van der Waals surface area contributed by atoms with Crippen LogP contribution in [0.1, 0.15) is 11.1 Å². The van der Waals surface area contributed by atoms with Gasteiger partial charge in [-0.1, -0.05) is 45.7 Å². The van der Waals surface area contributed by atoms with Gasteiger partial charge in [-0.3, -0.25) is 4.79 Å². The van der Waals surface area contributed by atoms with Gasteiger partial charge in [0.25, 0.3) is 0 Å². The molecule has 0 aromatic heterocycles. The van der Waals surface area contributed by atoms with Crippen molar-refractivity contribution in [2.45, 2.75) is 13.0 Å². The molecule has 1 aliphatic rings. The molecule has 0 spiro atoms. The Morgan fingerprint density at radius 2 is 1.83 bits per heavy atom. The Morgan fingerprint density at radius 3 is 2.57 bits per heavy atom. The van der Waals surface area contributed by atoms with E-state index < -0.39 is 0 Å². The second kappa shape index (κ2) is 7.23. The van der Waals surface area contributed by atoms with E-state index in [-0.39, 0.29) is 12.3 Å². The van der Waals surface area contributed by atoms with Crippen molar-refractivity contribution in [2.75, 3.05) is 13.2 Å². The Balaban J connectivity index is 1.65. The molecule has 120 valence electrons. The fourth-order valence-electron chi connectivity index (χ4n) is 2.31. The number of carbonyl (C=O) groups is 1. The third-order valence-electron chi connectivity index (χ3n) is 3.50. The van der Waals surface area contributed by atoms with E-state index in [2.05, 4.69) is 21.2 Å². The van der Waals surface area contributed by atoms with Gasteiger partial charge < -0.3 is 14.8 Å². The number of hydrogen-bond acceptors (Lipinski definition) is 3. The van der Waals surface area contributed by atoms with E-state index >= 15 is 0 Å². The highest BCUT2D eigenvalue weighted by molar-refractivity contribution is 9.10. The lowest BCUT2D eigenvalue weighted by molar-refractivity contribution is -0.120. The van der Waals surface area contributed by atoms with E-state index in [1.807, 2.05) is 30.3 Å². The summed E-state index contributed by atoms with van der Waals surface area (Å²) in [5, 5.41) is 3.53.